The summed E-state index contributed by atoms with van der Waals surface area (Å²) in [5.41, 5.74) is 2.91. The van der Waals surface area contributed by atoms with Gasteiger partial charge in [0, 0.05) is 35.9 Å². The van der Waals surface area contributed by atoms with Crippen LogP contribution in [0.25, 0.3) is 22.4 Å². The first-order valence-corrected chi connectivity index (χ1v) is 7.17. The van der Waals surface area contributed by atoms with Crippen molar-refractivity contribution in [1.29, 1.82) is 0 Å². The average Bonchev–Trinajstić information content (AvgIpc) is 2.53. The lowest BCUT2D eigenvalue weighted by molar-refractivity contribution is 1.27. The molecule has 3 nitrogen and oxygen atoms in total. The van der Waals surface area contributed by atoms with Gasteiger partial charge in [-0.15, -0.1) is 0 Å². The second-order valence-electron chi connectivity index (χ2n) is 4.23. The summed E-state index contributed by atoms with van der Waals surface area (Å²) in [6, 6.07) is 7.55. The minimum atomic E-state index is 0.258. The molecule has 0 unspecified atom stereocenters. The highest BCUT2D eigenvalue weighted by atomic mass is 35.5. The lowest BCUT2D eigenvalue weighted by atomic mass is 10.0. The number of rotatable bonds is 2. The SMILES string of the molecule is Clc1cnc(Cl)c(-c2ncccc2-c2cccnc2)c1Cl. The number of halogens is 3. The van der Waals surface area contributed by atoms with Crippen molar-refractivity contribution in [1.82, 2.24) is 15.0 Å². The van der Waals surface area contributed by atoms with E-state index in [0.717, 1.165) is 11.1 Å². The van der Waals surface area contributed by atoms with Gasteiger partial charge >= 0.3 is 0 Å². The molecule has 3 aromatic rings. The molecule has 3 heterocycles. The minimum Gasteiger partial charge on any atom is -0.264 e. The van der Waals surface area contributed by atoms with Gasteiger partial charge in [-0.2, -0.15) is 0 Å². The highest BCUT2D eigenvalue weighted by Crippen LogP contribution is 2.40. The van der Waals surface area contributed by atoms with Crippen LogP contribution in [-0.4, -0.2) is 15.0 Å². The Kier molecular flexibility index (Phi) is 4.06. The molecule has 3 rings (SSSR count). The van der Waals surface area contributed by atoms with Gasteiger partial charge in [0.05, 0.1) is 21.3 Å². The Labute approximate surface area is 136 Å². The van der Waals surface area contributed by atoms with Crippen LogP contribution in [0, 0.1) is 0 Å². The molecule has 0 bridgehead atoms. The molecule has 0 amide bonds. The molecule has 3 aromatic heterocycles. The summed E-state index contributed by atoms with van der Waals surface area (Å²) in [6.07, 6.45) is 6.55. The molecular weight excluding hydrogens is 329 g/mol. The third-order valence-electron chi connectivity index (χ3n) is 2.94. The van der Waals surface area contributed by atoms with Gasteiger partial charge in [-0.1, -0.05) is 46.9 Å². The van der Waals surface area contributed by atoms with Crippen molar-refractivity contribution < 1.29 is 0 Å². The van der Waals surface area contributed by atoms with E-state index in [2.05, 4.69) is 15.0 Å². The normalized spacial score (nSPS) is 10.6. The van der Waals surface area contributed by atoms with E-state index in [-0.39, 0.29) is 5.15 Å². The lowest BCUT2D eigenvalue weighted by Gasteiger charge is -2.11. The maximum atomic E-state index is 6.28. The first kappa shape index (κ1) is 14.3. The Hall–Kier alpha value is -1.68. The van der Waals surface area contributed by atoms with Gasteiger partial charge in [0.15, 0.2) is 0 Å². The monoisotopic (exact) mass is 335 g/mol. The number of pyridine rings is 3. The average molecular weight is 337 g/mol. The standard InChI is InChI=1S/C15H8Cl3N3/c16-11-8-21-15(18)12(13(11)17)14-10(4-2-6-20-14)9-3-1-5-19-7-9/h1-8H. The predicted molar refractivity (Wildman–Crippen MR) is 85.7 cm³/mol. The fraction of sp³-hybridized carbons (Fsp3) is 0. The first-order chi connectivity index (χ1) is 10.2. The quantitative estimate of drug-likeness (QED) is 0.606. The van der Waals surface area contributed by atoms with Gasteiger partial charge in [-0.3, -0.25) is 9.97 Å². The van der Waals surface area contributed by atoms with Crippen molar-refractivity contribution >= 4 is 34.8 Å². The van der Waals surface area contributed by atoms with Crippen molar-refractivity contribution in [3.05, 3.63) is 64.3 Å². The summed E-state index contributed by atoms with van der Waals surface area (Å²) < 4.78 is 0. The van der Waals surface area contributed by atoms with Crippen LogP contribution in [0.1, 0.15) is 0 Å². The van der Waals surface area contributed by atoms with E-state index in [1.165, 1.54) is 6.20 Å². The van der Waals surface area contributed by atoms with Crippen molar-refractivity contribution in [2.24, 2.45) is 0 Å². The van der Waals surface area contributed by atoms with Crippen LogP contribution >= 0.6 is 34.8 Å². The summed E-state index contributed by atoms with van der Waals surface area (Å²) in [4.78, 5) is 12.6. The van der Waals surface area contributed by atoms with E-state index >= 15 is 0 Å². The smallest absolute Gasteiger partial charge is 0.140 e. The second kappa shape index (κ2) is 5.98. The molecule has 0 aliphatic heterocycles. The molecule has 6 heteroatoms. The van der Waals surface area contributed by atoms with Crippen LogP contribution in [0.3, 0.4) is 0 Å². The van der Waals surface area contributed by atoms with Crippen LogP contribution in [0.2, 0.25) is 15.2 Å². The highest BCUT2D eigenvalue weighted by molar-refractivity contribution is 6.45. The summed E-state index contributed by atoms with van der Waals surface area (Å²) in [6.45, 7) is 0. The van der Waals surface area contributed by atoms with E-state index in [1.807, 2.05) is 24.3 Å². The fourth-order valence-corrected chi connectivity index (χ4v) is 2.66. The van der Waals surface area contributed by atoms with Crippen molar-refractivity contribution in [2.45, 2.75) is 0 Å². The molecule has 0 saturated heterocycles. The molecule has 0 aromatic carbocycles. The van der Waals surface area contributed by atoms with Crippen LogP contribution in [0.5, 0.6) is 0 Å². The van der Waals surface area contributed by atoms with E-state index < -0.39 is 0 Å². The van der Waals surface area contributed by atoms with Crippen molar-refractivity contribution in [3.63, 3.8) is 0 Å². The Balaban J connectivity index is 2.29. The Morgan fingerprint density at radius 1 is 0.857 bits per heavy atom. The molecule has 0 spiro atoms. The Morgan fingerprint density at radius 2 is 1.67 bits per heavy atom. The largest absolute Gasteiger partial charge is 0.264 e. The lowest BCUT2D eigenvalue weighted by Crippen LogP contribution is -1.93. The van der Waals surface area contributed by atoms with Gasteiger partial charge in [0.1, 0.15) is 5.15 Å². The maximum Gasteiger partial charge on any atom is 0.140 e. The first-order valence-electron chi connectivity index (χ1n) is 6.03. The van der Waals surface area contributed by atoms with E-state index in [0.29, 0.717) is 21.3 Å². The summed E-state index contributed by atoms with van der Waals surface area (Å²) in [5.74, 6) is 0. The molecule has 0 radical (unpaired) electrons. The zero-order valence-corrected chi connectivity index (χ0v) is 12.9. The Bertz CT molecular complexity index is 791. The van der Waals surface area contributed by atoms with Gasteiger partial charge in [0.2, 0.25) is 0 Å². The Morgan fingerprint density at radius 3 is 2.43 bits per heavy atom. The van der Waals surface area contributed by atoms with Crippen LogP contribution < -0.4 is 0 Å². The van der Waals surface area contributed by atoms with Gasteiger partial charge in [-0.25, -0.2) is 4.98 Å². The molecule has 104 valence electrons. The zero-order chi connectivity index (χ0) is 14.8. The molecule has 21 heavy (non-hydrogen) atoms. The molecular formula is C15H8Cl3N3. The third-order valence-corrected chi connectivity index (χ3v) is 4.01. The fourth-order valence-electron chi connectivity index (χ4n) is 2.01. The maximum absolute atomic E-state index is 6.28. The van der Waals surface area contributed by atoms with Gasteiger partial charge in [0.25, 0.3) is 0 Å². The van der Waals surface area contributed by atoms with Crippen molar-refractivity contribution in [2.75, 3.05) is 0 Å². The summed E-state index contributed by atoms with van der Waals surface area (Å²) in [5, 5.41) is 0.924. The van der Waals surface area contributed by atoms with Crippen molar-refractivity contribution in [3.8, 4) is 22.4 Å². The van der Waals surface area contributed by atoms with Gasteiger partial charge < -0.3 is 0 Å². The number of aromatic nitrogens is 3. The molecule has 0 aliphatic carbocycles. The molecule has 0 saturated carbocycles. The number of hydrogen-bond donors (Lipinski definition) is 0. The van der Waals surface area contributed by atoms with E-state index in [9.17, 15) is 0 Å². The zero-order valence-electron chi connectivity index (χ0n) is 10.6. The minimum absolute atomic E-state index is 0.258. The molecule has 0 fully saturated rings. The topological polar surface area (TPSA) is 38.7 Å². The van der Waals surface area contributed by atoms with Crippen LogP contribution in [0.4, 0.5) is 0 Å². The van der Waals surface area contributed by atoms with E-state index in [4.69, 9.17) is 34.8 Å². The second-order valence-corrected chi connectivity index (χ2v) is 5.37. The highest BCUT2D eigenvalue weighted by Gasteiger charge is 2.18. The molecule has 0 atom stereocenters. The number of hydrogen-bond acceptors (Lipinski definition) is 3. The summed E-state index contributed by atoms with van der Waals surface area (Å²) in [7, 11) is 0. The third kappa shape index (κ3) is 2.72. The summed E-state index contributed by atoms with van der Waals surface area (Å²) >= 11 is 18.5. The molecule has 0 aliphatic rings. The van der Waals surface area contributed by atoms with Gasteiger partial charge in [-0.05, 0) is 12.1 Å². The van der Waals surface area contributed by atoms with E-state index in [1.54, 1.807) is 18.6 Å². The predicted octanol–water partition coefficient (Wildman–Crippen LogP) is 5.17. The molecule has 0 N–H and O–H groups in total. The number of nitrogens with zero attached hydrogens (tertiary/aromatic N) is 3. The van der Waals surface area contributed by atoms with Crippen LogP contribution in [0.15, 0.2) is 49.1 Å². The van der Waals surface area contributed by atoms with Crippen LogP contribution in [-0.2, 0) is 0 Å².